The maximum atomic E-state index is 12.2. The molecule has 2 aromatic carbocycles. The molecule has 2 aromatic rings. The van der Waals surface area contributed by atoms with Crippen LogP contribution >= 0.6 is 23.2 Å². The molecular weight excluding hydrogens is 411 g/mol. The molecule has 0 spiro atoms. The third-order valence-corrected chi connectivity index (χ3v) is 5.31. The Kier molecular flexibility index (Phi) is 7.89. The van der Waals surface area contributed by atoms with Crippen LogP contribution in [0.3, 0.4) is 0 Å². The summed E-state index contributed by atoms with van der Waals surface area (Å²) in [5.74, 6) is -0.110. The first kappa shape index (κ1) is 21.6. The first-order valence-electron chi connectivity index (χ1n) is 9.54. The minimum Gasteiger partial charge on any atom is -0.326 e. The number of rotatable bonds is 7. The molecule has 6 nitrogen and oxygen atoms in total. The van der Waals surface area contributed by atoms with Crippen molar-refractivity contribution < 1.29 is 9.59 Å². The molecule has 29 heavy (non-hydrogen) atoms. The Bertz CT molecular complexity index is 854. The summed E-state index contributed by atoms with van der Waals surface area (Å²) in [6.07, 6.45) is 0.416. The Balaban J connectivity index is 1.35. The first-order chi connectivity index (χ1) is 14.0. The molecule has 2 N–H and O–H groups in total. The number of hydrogen-bond donors (Lipinski definition) is 2. The predicted octanol–water partition coefficient (Wildman–Crippen LogP) is 3.58. The van der Waals surface area contributed by atoms with E-state index >= 15 is 0 Å². The molecule has 2 amide bonds. The average Bonchev–Trinajstić information content (AvgIpc) is 2.69. The molecule has 0 atom stereocenters. The van der Waals surface area contributed by atoms with Crippen LogP contribution in [0.15, 0.2) is 48.5 Å². The smallest absolute Gasteiger partial charge is 0.238 e. The summed E-state index contributed by atoms with van der Waals surface area (Å²) in [5, 5.41) is 6.83. The van der Waals surface area contributed by atoms with Crippen LogP contribution in [0.25, 0.3) is 0 Å². The highest BCUT2D eigenvalue weighted by Gasteiger charge is 2.19. The molecule has 1 aliphatic heterocycles. The number of halogens is 2. The third kappa shape index (κ3) is 7.01. The molecular formula is C21H24Cl2N4O2. The Morgan fingerprint density at radius 1 is 0.862 bits per heavy atom. The summed E-state index contributed by atoms with van der Waals surface area (Å²) >= 11 is 12.0. The number of amides is 2. The lowest BCUT2D eigenvalue weighted by Gasteiger charge is -2.34. The van der Waals surface area contributed by atoms with Gasteiger partial charge in [-0.3, -0.25) is 14.5 Å². The van der Waals surface area contributed by atoms with E-state index in [1.165, 1.54) is 0 Å². The van der Waals surface area contributed by atoms with Gasteiger partial charge in [0.2, 0.25) is 11.8 Å². The van der Waals surface area contributed by atoms with Gasteiger partial charge < -0.3 is 15.5 Å². The summed E-state index contributed by atoms with van der Waals surface area (Å²) in [6.45, 7) is 4.23. The van der Waals surface area contributed by atoms with Crippen LogP contribution in [0, 0.1) is 0 Å². The third-order valence-electron chi connectivity index (χ3n) is 4.74. The molecule has 0 saturated carbocycles. The molecule has 1 heterocycles. The summed E-state index contributed by atoms with van der Waals surface area (Å²) in [5.41, 5.74) is 1.33. The highest BCUT2D eigenvalue weighted by atomic mass is 35.5. The Labute approximate surface area is 180 Å². The maximum Gasteiger partial charge on any atom is 0.238 e. The second-order valence-electron chi connectivity index (χ2n) is 6.95. The summed E-state index contributed by atoms with van der Waals surface area (Å²) in [6, 6.07) is 14.3. The van der Waals surface area contributed by atoms with Gasteiger partial charge in [-0.15, -0.1) is 0 Å². The molecule has 1 fully saturated rings. The number of piperazine rings is 1. The van der Waals surface area contributed by atoms with E-state index in [0.29, 0.717) is 40.9 Å². The maximum absolute atomic E-state index is 12.2. The largest absolute Gasteiger partial charge is 0.326 e. The van der Waals surface area contributed by atoms with Gasteiger partial charge in [-0.05, 0) is 30.3 Å². The molecule has 154 valence electrons. The number of para-hydroxylation sites is 1. The number of carbonyl (C=O) groups is 2. The quantitative estimate of drug-likeness (QED) is 0.698. The van der Waals surface area contributed by atoms with Gasteiger partial charge in [0, 0.05) is 49.9 Å². The summed E-state index contributed by atoms with van der Waals surface area (Å²) in [7, 11) is 0. The van der Waals surface area contributed by atoms with Crippen molar-refractivity contribution in [3.63, 3.8) is 0 Å². The van der Waals surface area contributed by atoms with E-state index < -0.39 is 0 Å². The van der Waals surface area contributed by atoms with Crippen LogP contribution in [0.2, 0.25) is 10.0 Å². The number of benzene rings is 2. The van der Waals surface area contributed by atoms with E-state index in [2.05, 4.69) is 20.4 Å². The molecule has 1 aliphatic rings. The molecule has 0 radical (unpaired) electrons. The summed E-state index contributed by atoms with van der Waals surface area (Å²) < 4.78 is 0. The number of carbonyl (C=O) groups excluding carboxylic acids is 2. The number of nitrogens with zero attached hydrogens (tertiary/aromatic N) is 2. The van der Waals surface area contributed by atoms with Crippen LogP contribution in [0.1, 0.15) is 6.42 Å². The Morgan fingerprint density at radius 3 is 2.31 bits per heavy atom. The first-order valence-corrected chi connectivity index (χ1v) is 10.3. The standard InChI is InChI=1S/C21H24Cl2N4O2/c22-16-4-3-5-17(14-16)24-20(28)8-9-26-10-12-27(13-11-26)15-21(29)25-19-7-2-1-6-18(19)23/h1-7,14H,8-13,15H2,(H,24,28)(H,25,29). The van der Waals surface area contributed by atoms with E-state index in [-0.39, 0.29) is 11.8 Å². The van der Waals surface area contributed by atoms with Crippen molar-refractivity contribution >= 4 is 46.4 Å². The zero-order valence-electron chi connectivity index (χ0n) is 16.0. The van der Waals surface area contributed by atoms with Crippen LogP contribution < -0.4 is 10.6 Å². The van der Waals surface area contributed by atoms with Gasteiger partial charge in [0.1, 0.15) is 0 Å². The predicted molar refractivity (Wildman–Crippen MR) is 118 cm³/mol. The summed E-state index contributed by atoms with van der Waals surface area (Å²) in [4.78, 5) is 28.7. The fourth-order valence-electron chi connectivity index (χ4n) is 3.18. The highest BCUT2D eigenvalue weighted by Crippen LogP contribution is 2.20. The van der Waals surface area contributed by atoms with Crippen molar-refractivity contribution in [3.8, 4) is 0 Å². The average molecular weight is 435 g/mol. The molecule has 0 aliphatic carbocycles. The number of nitrogens with one attached hydrogen (secondary N) is 2. The topological polar surface area (TPSA) is 64.7 Å². The van der Waals surface area contributed by atoms with E-state index in [9.17, 15) is 9.59 Å². The van der Waals surface area contributed by atoms with Crippen LogP contribution in [-0.4, -0.2) is 60.9 Å². The molecule has 3 rings (SSSR count). The lowest BCUT2D eigenvalue weighted by molar-refractivity contribution is -0.117. The van der Waals surface area contributed by atoms with Gasteiger partial charge in [-0.1, -0.05) is 41.4 Å². The van der Waals surface area contributed by atoms with Gasteiger partial charge in [-0.2, -0.15) is 0 Å². The van der Waals surface area contributed by atoms with Crippen molar-refractivity contribution in [3.05, 3.63) is 58.6 Å². The second kappa shape index (κ2) is 10.6. The van der Waals surface area contributed by atoms with Crippen molar-refractivity contribution in [2.45, 2.75) is 6.42 Å². The van der Waals surface area contributed by atoms with E-state index in [1.807, 2.05) is 18.2 Å². The van der Waals surface area contributed by atoms with Gasteiger partial charge in [0.15, 0.2) is 0 Å². The van der Waals surface area contributed by atoms with Gasteiger partial charge >= 0.3 is 0 Å². The number of anilines is 2. The number of hydrogen-bond acceptors (Lipinski definition) is 4. The van der Waals surface area contributed by atoms with Crippen LogP contribution in [0.4, 0.5) is 11.4 Å². The SMILES string of the molecule is O=C(CCN1CCN(CC(=O)Nc2ccccc2Cl)CC1)Nc1cccc(Cl)c1. The zero-order chi connectivity index (χ0) is 20.6. The van der Waals surface area contributed by atoms with E-state index in [4.69, 9.17) is 23.2 Å². The minimum absolute atomic E-state index is 0.0335. The molecule has 1 saturated heterocycles. The Morgan fingerprint density at radius 2 is 1.59 bits per heavy atom. The molecule has 0 unspecified atom stereocenters. The van der Waals surface area contributed by atoms with Crippen LogP contribution in [0.5, 0.6) is 0 Å². The lowest BCUT2D eigenvalue weighted by Crippen LogP contribution is -2.49. The van der Waals surface area contributed by atoms with Gasteiger partial charge in [0.25, 0.3) is 0 Å². The van der Waals surface area contributed by atoms with Crippen LogP contribution in [-0.2, 0) is 9.59 Å². The fraction of sp³-hybridized carbons (Fsp3) is 0.333. The van der Waals surface area contributed by atoms with Crippen molar-refractivity contribution in [1.82, 2.24) is 9.80 Å². The van der Waals surface area contributed by atoms with Gasteiger partial charge in [-0.25, -0.2) is 0 Å². The fourth-order valence-corrected chi connectivity index (χ4v) is 3.55. The molecule has 8 heteroatoms. The van der Waals surface area contributed by atoms with Gasteiger partial charge in [0.05, 0.1) is 17.3 Å². The van der Waals surface area contributed by atoms with E-state index in [1.54, 1.807) is 30.3 Å². The normalized spacial score (nSPS) is 15.1. The van der Waals surface area contributed by atoms with Crippen molar-refractivity contribution in [1.29, 1.82) is 0 Å². The molecule has 0 bridgehead atoms. The van der Waals surface area contributed by atoms with Crippen molar-refractivity contribution in [2.75, 3.05) is 49.9 Å². The zero-order valence-corrected chi connectivity index (χ0v) is 17.5. The second-order valence-corrected chi connectivity index (χ2v) is 7.80. The Hall–Kier alpha value is -2.12. The monoisotopic (exact) mass is 434 g/mol. The highest BCUT2D eigenvalue weighted by molar-refractivity contribution is 6.33. The minimum atomic E-state index is -0.0764. The van der Waals surface area contributed by atoms with Crippen molar-refractivity contribution in [2.24, 2.45) is 0 Å². The van der Waals surface area contributed by atoms with E-state index in [0.717, 1.165) is 26.2 Å². The lowest BCUT2D eigenvalue weighted by atomic mass is 10.2. The molecule has 0 aromatic heterocycles.